The first-order valence-electron chi connectivity index (χ1n) is 6.10. The highest BCUT2D eigenvalue weighted by atomic mass is 19.2. The zero-order chi connectivity index (χ0) is 15.5. The highest BCUT2D eigenvalue weighted by Gasteiger charge is 2.27. The van der Waals surface area contributed by atoms with Gasteiger partial charge in [0.15, 0.2) is 5.75 Å². The highest BCUT2D eigenvalue weighted by Crippen LogP contribution is 2.28. The standard InChI is InChI=1S/C13H16F5NO/c1-4-13(2,3)19-5-6-20-12-10(17)8(15)7(14)9(16)11(12)18/h19H,4-6H2,1-3H3. The van der Waals surface area contributed by atoms with Gasteiger partial charge in [0.25, 0.3) is 0 Å². The van der Waals surface area contributed by atoms with Crippen molar-refractivity contribution in [3.63, 3.8) is 0 Å². The molecule has 0 aromatic heterocycles. The Labute approximate surface area is 113 Å². The smallest absolute Gasteiger partial charge is 0.206 e. The van der Waals surface area contributed by atoms with Gasteiger partial charge in [-0.1, -0.05) is 6.92 Å². The molecule has 0 bridgehead atoms. The summed E-state index contributed by atoms with van der Waals surface area (Å²) in [7, 11) is 0. The van der Waals surface area contributed by atoms with Gasteiger partial charge in [-0.05, 0) is 20.3 Å². The topological polar surface area (TPSA) is 21.3 Å². The zero-order valence-electron chi connectivity index (χ0n) is 11.4. The minimum Gasteiger partial charge on any atom is -0.486 e. The molecule has 0 saturated carbocycles. The van der Waals surface area contributed by atoms with Gasteiger partial charge in [-0.15, -0.1) is 0 Å². The van der Waals surface area contributed by atoms with Crippen molar-refractivity contribution >= 4 is 0 Å². The number of hydrogen-bond donors (Lipinski definition) is 1. The molecule has 0 aliphatic carbocycles. The Morgan fingerprint density at radius 1 is 0.900 bits per heavy atom. The number of hydrogen-bond acceptors (Lipinski definition) is 2. The van der Waals surface area contributed by atoms with Crippen LogP contribution < -0.4 is 10.1 Å². The van der Waals surface area contributed by atoms with Crippen molar-refractivity contribution in [2.45, 2.75) is 32.7 Å². The molecule has 0 spiro atoms. The summed E-state index contributed by atoms with van der Waals surface area (Å²) < 4.78 is 69.8. The molecule has 2 nitrogen and oxygen atoms in total. The molecule has 0 amide bonds. The number of rotatable bonds is 6. The van der Waals surface area contributed by atoms with Gasteiger partial charge in [0.2, 0.25) is 29.1 Å². The van der Waals surface area contributed by atoms with Crippen molar-refractivity contribution < 1.29 is 26.7 Å². The summed E-state index contributed by atoms with van der Waals surface area (Å²) in [6.07, 6.45) is 0.801. The molecule has 0 atom stereocenters. The lowest BCUT2D eigenvalue weighted by Gasteiger charge is -2.24. The van der Waals surface area contributed by atoms with E-state index in [0.29, 0.717) is 0 Å². The first-order valence-corrected chi connectivity index (χ1v) is 6.10. The van der Waals surface area contributed by atoms with E-state index in [9.17, 15) is 22.0 Å². The van der Waals surface area contributed by atoms with Gasteiger partial charge in [-0.3, -0.25) is 0 Å². The summed E-state index contributed by atoms with van der Waals surface area (Å²) in [5, 5.41) is 3.03. The number of halogens is 5. The third kappa shape index (κ3) is 3.59. The fourth-order valence-corrected chi connectivity index (χ4v) is 1.38. The minimum absolute atomic E-state index is 0.209. The third-order valence-electron chi connectivity index (χ3n) is 3.01. The maximum absolute atomic E-state index is 13.3. The van der Waals surface area contributed by atoms with E-state index >= 15 is 0 Å². The molecular formula is C13H16F5NO. The fourth-order valence-electron chi connectivity index (χ4n) is 1.38. The lowest BCUT2D eigenvalue weighted by molar-refractivity contribution is 0.246. The van der Waals surface area contributed by atoms with Crippen LogP contribution in [0.25, 0.3) is 0 Å². The van der Waals surface area contributed by atoms with E-state index in [0.717, 1.165) is 6.42 Å². The fraction of sp³-hybridized carbons (Fsp3) is 0.538. The van der Waals surface area contributed by atoms with Gasteiger partial charge in [0.05, 0.1) is 0 Å². The van der Waals surface area contributed by atoms with Crippen LogP contribution >= 0.6 is 0 Å². The van der Waals surface area contributed by atoms with Crippen LogP contribution in [-0.4, -0.2) is 18.7 Å². The van der Waals surface area contributed by atoms with Crippen molar-refractivity contribution in [3.05, 3.63) is 29.1 Å². The van der Waals surface area contributed by atoms with Crippen LogP contribution in [0, 0.1) is 29.1 Å². The number of benzene rings is 1. The van der Waals surface area contributed by atoms with E-state index in [1.54, 1.807) is 0 Å². The molecule has 7 heteroatoms. The molecular weight excluding hydrogens is 281 g/mol. The van der Waals surface area contributed by atoms with Gasteiger partial charge in [0.1, 0.15) is 6.61 Å². The number of ether oxygens (including phenoxy) is 1. The Kier molecular flexibility index (Phi) is 5.33. The Morgan fingerprint density at radius 3 is 1.80 bits per heavy atom. The van der Waals surface area contributed by atoms with Crippen molar-refractivity contribution in [2.24, 2.45) is 0 Å². The van der Waals surface area contributed by atoms with Crippen molar-refractivity contribution in [2.75, 3.05) is 13.2 Å². The summed E-state index contributed by atoms with van der Waals surface area (Å²) in [4.78, 5) is 0. The summed E-state index contributed by atoms with van der Waals surface area (Å²) in [6, 6.07) is 0. The maximum Gasteiger partial charge on any atom is 0.206 e. The lowest BCUT2D eigenvalue weighted by Crippen LogP contribution is -2.40. The maximum atomic E-state index is 13.3. The van der Waals surface area contributed by atoms with Gasteiger partial charge >= 0.3 is 0 Å². The lowest BCUT2D eigenvalue weighted by atomic mass is 10.0. The predicted octanol–water partition coefficient (Wildman–Crippen LogP) is 3.54. The monoisotopic (exact) mass is 297 g/mol. The van der Waals surface area contributed by atoms with Crippen molar-refractivity contribution in [1.29, 1.82) is 0 Å². The van der Waals surface area contributed by atoms with Crippen LogP contribution in [-0.2, 0) is 0 Å². The Hall–Kier alpha value is -1.37. The largest absolute Gasteiger partial charge is 0.486 e. The molecule has 1 rings (SSSR count). The minimum atomic E-state index is -2.20. The summed E-state index contributed by atoms with van der Waals surface area (Å²) >= 11 is 0. The molecule has 20 heavy (non-hydrogen) atoms. The van der Waals surface area contributed by atoms with Gasteiger partial charge in [-0.25, -0.2) is 13.2 Å². The Morgan fingerprint density at radius 2 is 1.35 bits per heavy atom. The van der Waals surface area contributed by atoms with Gasteiger partial charge < -0.3 is 10.1 Å². The average molecular weight is 297 g/mol. The van der Waals surface area contributed by atoms with Crippen LogP contribution in [0.5, 0.6) is 5.75 Å². The first-order chi connectivity index (χ1) is 9.21. The van der Waals surface area contributed by atoms with Crippen LogP contribution in [0.1, 0.15) is 27.2 Å². The molecule has 0 aliphatic heterocycles. The molecule has 0 saturated heterocycles. The summed E-state index contributed by atoms with van der Waals surface area (Å²) in [6.45, 7) is 5.75. The Bertz CT molecular complexity index is 461. The van der Waals surface area contributed by atoms with Crippen LogP contribution in [0.2, 0.25) is 0 Å². The summed E-state index contributed by atoms with van der Waals surface area (Å²) in [5.74, 6) is -11.4. The molecule has 0 aliphatic rings. The normalized spacial score (nSPS) is 11.8. The second-order valence-corrected chi connectivity index (χ2v) is 4.91. The van der Waals surface area contributed by atoms with E-state index in [2.05, 4.69) is 10.1 Å². The molecule has 0 fully saturated rings. The molecule has 1 aromatic carbocycles. The van der Waals surface area contributed by atoms with E-state index in [1.165, 1.54) is 0 Å². The molecule has 0 radical (unpaired) electrons. The second-order valence-electron chi connectivity index (χ2n) is 4.91. The average Bonchev–Trinajstić information content (AvgIpc) is 2.42. The van der Waals surface area contributed by atoms with Crippen molar-refractivity contribution in [3.8, 4) is 5.75 Å². The van der Waals surface area contributed by atoms with E-state index in [1.807, 2.05) is 20.8 Å². The second kappa shape index (κ2) is 6.39. The van der Waals surface area contributed by atoms with Crippen LogP contribution in [0.15, 0.2) is 0 Å². The van der Waals surface area contributed by atoms with Crippen molar-refractivity contribution in [1.82, 2.24) is 5.32 Å². The van der Waals surface area contributed by atoms with Crippen LogP contribution in [0.4, 0.5) is 22.0 Å². The highest BCUT2D eigenvalue weighted by molar-refractivity contribution is 5.29. The molecule has 114 valence electrons. The Balaban J connectivity index is 2.75. The number of nitrogens with one attached hydrogen (secondary N) is 1. The van der Waals surface area contributed by atoms with Gasteiger partial charge in [0, 0.05) is 12.1 Å². The zero-order valence-corrected chi connectivity index (χ0v) is 11.4. The molecule has 1 N–H and O–H groups in total. The SMILES string of the molecule is CCC(C)(C)NCCOc1c(F)c(F)c(F)c(F)c1F. The molecule has 0 heterocycles. The quantitative estimate of drug-likeness (QED) is 0.375. The van der Waals surface area contributed by atoms with E-state index < -0.39 is 34.8 Å². The van der Waals surface area contributed by atoms with Crippen LogP contribution in [0.3, 0.4) is 0 Å². The molecule has 1 aromatic rings. The first kappa shape index (κ1) is 16.7. The van der Waals surface area contributed by atoms with E-state index in [4.69, 9.17) is 0 Å². The third-order valence-corrected chi connectivity index (χ3v) is 3.01. The van der Waals surface area contributed by atoms with E-state index in [-0.39, 0.29) is 18.7 Å². The van der Waals surface area contributed by atoms with Gasteiger partial charge in [-0.2, -0.15) is 8.78 Å². The molecule has 0 unspecified atom stereocenters. The predicted molar refractivity (Wildman–Crippen MR) is 64.1 cm³/mol. The summed E-state index contributed by atoms with van der Waals surface area (Å²) in [5.41, 5.74) is -0.209.